The van der Waals surface area contributed by atoms with Gasteiger partial charge in [0, 0.05) is 19.3 Å². The van der Waals surface area contributed by atoms with Crippen molar-refractivity contribution in [2.45, 2.75) is 51.7 Å². The Labute approximate surface area is 116 Å². The molecule has 106 valence electrons. The van der Waals surface area contributed by atoms with Gasteiger partial charge in [0.2, 0.25) is 0 Å². The highest BCUT2D eigenvalue weighted by atomic mass is 16.5. The fourth-order valence-electron chi connectivity index (χ4n) is 2.83. The molecule has 4 nitrogen and oxygen atoms in total. The van der Waals surface area contributed by atoms with Crippen LogP contribution in [0.25, 0.3) is 0 Å². The van der Waals surface area contributed by atoms with Crippen LogP contribution in [0.5, 0.6) is 0 Å². The summed E-state index contributed by atoms with van der Waals surface area (Å²) in [7, 11) is 1.93. The number of hydrogen-bond donors (Lipinski definition) is 1. The van der Waals surface area contributed by atoms with E-state index in [0.29, 0.717) is 6.61 Å². The van der Waals surface area contributed by atoms with Crippen molar-refractivity contribution >= 4 is 0 Å². The van der Waals surface area contributed by atoms with Crippen LogP contribution < -0.4 is 5.32 Å². The Morgan fingerprint density at radius 2 is 2.16 bits per heavy atom. The Hall–Kier alpha value is -1.00. The van der Waals surface area contributed by atoms with E-state index in [9.17, 15) is 0 Å². The first-order valence-corrected chi connectivity index (χ1v) is 7.31. The molecule has 4 heteroatoms. The van der Waals surface area contributed by atoms with Crippen molar-refractivity contribution in [1.82, 2.24) is 15.3 Å². The zero-order valence-corrected chi connectivity index (χ0v) is 12.3. The molecule has 0 aliphatic heterocycles. The number of nitrogens with zero attached hydrogens (tertiary/aromatic N) is 2. The van der Waals surface area contributed by atoms with E-state index in [1.54, 1.807) is 0 Å². The van der Waals surface area contributed by atoms with Crippen LogP contribution in [-0.2, 0) is 16.9 Å². The number of aromatic nitrogens is 2. The highest BCUT2D eigenvalue weighted by molar-refractivity contribution is 5.10. The normalized spacial score (nSPS) is 27.4. The predicted molar refractivity (Wildman–Crippen MR) is 75.7 cm³/mol. The van der Waals surface area contributed by atoms with Gasteiger partial charge in [0.05, 0.1) is 5.69 Å². The summed E-state index contributed by atoms with van der Waals surface area (Å²) in [4.78, 5) is 9.20. The maximum Gasteiger partial charge on any atom is 0.160 e. The first-order chi connectivity index (χ1) is 9.20. The van der Waals surface area contributed by atoms with Crippen LogP contribution in [-0.4, -0.2) is 23.6 Å². The van der Waals surface area contributed by atoms with Gasteiger partial charge in [-0.15, -0.1) is 0 Å². The minimum absolute atomic E-state index is 0.259. The second kappa shape index (κ2) is 6.44. The predicted octanol–water partition coefficient (Wildman–Crippen LogP) is 2.64. The monoisotopic (exact) mass is 263 g/mol. The van der Waals surface area contributed by atoms with Crippen LogP contribution in [0.2, 0.25) is 0 Å². The van der Waals surface area contributed by atoms with Gasteiger partial charge in [-0.25, -0.2) is 9.97 Å². The maximum absolute atomic E-state index is 6.09. The van der Waals surface area contributed by atoms with Gasteiger partial charge in [0.1, 0.15) is 5.60 Å². The highest BCUT2D eigenvalue weighted by Gasteiger charge is 2.39. The Kier molecular flexibility index (Phi) is 4.88. The first kappa shape index (κ1) is 14.4. The molecular formula is C15H25N3O. The number of ether oxygens (including phenoxy) is 1. The molecule has 0 amide bonds. The average molecular weight is 263 g/mol. The minimum Gasteiger partial charge on any atom is -0.367 e. The first-order valence-electron chi connectivity index (χ1n) is 7.31. The van der Waals surface area contributed by atoms with Gasteiger partial charge >= 0.3 is 0 Å². The molecule has 2 rings (SSSR count). The molecule has 19 heavy (non-hydrogen) atoms. The molecule has 1 fully saturated rings. The molecule has 0 saturated heterocycles. The summed E-state index contributed by atoms with van der Waals surface area (Å²) >= 11 is 0. The maximum atomic E-state index is 6.09. The van der Waals surface area contributed by atoms with Gasteiger partial charge in [-0.2, -0.15) is 0 Å². The van der Waals surface area contributed by atoms with Crippen LogP contribution in [0.15, 0.2) is 12.3 Å². The molecule has 0 spiro atoms. The third-order valence-corrected chi connectivity index (χ3v) is 3.98. The summed E-state index contributed by atoms with van der Waals surface area (Å²) in [5.41, 5.74) is 0.774. The Morgan fingerprint density at radius 1 is 1.42 bits per heavy atom. The topological polar surface area (TPSA) is 47.0 Å². The van der Waals surface area contributed by atoms with Crippen LogP contribution in [0.4, 0.5) is 0 Å². The van der Waals surface area contributed by atoms with Crippen LogP contribution >= 0.6 is 0 Å². The standard InChI is InChI=1S/C15H25N3O/c1-4-19-15(8-5-12(2)6-9-15)14-17-10-7-13(18-14)11-16-3/h7,10,12,16H,4-6,8-9,11H2,1-3H3. The average Bonchev–Trinajstić information content (AvgIpc) is 2.43. The quantitative estimate of drug-likeness (QED) is 0.887. The Balaban J connectivity index is 2.25. The lowest BCUT2D eigenvalue weighted by atomic mass is 9.79. The lowest BCUT2D eigenvalue weighted by Gasteiger charge is -2.37. The second-order valence-corrected chi connectivity index (χ2v) is 5.51. The van der Waals surface area contributed by atoms with Crippen molar-refractivity contribution in [3.05, 3.63) is 23.8 Å². The van der Waals surface area contributed by atoms with Crippen molar-refractivity contribution in [2.75, 3.05) is 13.7 Å². The molecule has 1 aromatic rings. The van der Waals surface area contributed by atoms with E-state index in [-0.39, 0.29) is 5.60 Å². The third kappa shape index (κ3) is 3.31. The third-order valence-electron chi connectivity index (χ3n) is 3.98. The molecule has 0 bridgehead atoms. The molecular weight excluding hydrogens is 238 g/mol. The van der Waals surface area contributed by atoms with Crippen molar-refractivity contribution in [3.8, 4) is 0 Å². The summed E-state index contributed by atoms with van der Waals surface area (Å²) in [6.45, 7) is 5.85. The van der Waals surface area contributed by atoms with E-state index in [1.165, 1.54) is 12.8 Å². The zero-order valence-electron chi connectivity index (χ0n) is 12.3. The number of nitrogens with one attached hydrogen (secondary N) is 1. The molecule has 1 saturated carbocycles. The molecule has 0 unspecified atom stereocenters. The van der Waals surface area contributed by atoms with Crippen molar-refractivity contribution in [3.63, 3.8) is 0 Å². The van der Waals surface area contributed by atoms with E-state index in [0.717, 1.165) is 36.8 Å². The Bertz CT molecular complexity index is 400. The van der Waals surface area contributed by atoms with Crippen LogP contribution in [0, 0.1) is 5.92 Å². The number of rotatable bonds is 5. The smallest absolute Gasteiger partial charge is 0.160 e. The second-order valence-electron chi connectivity index (χ2n) is 5.51. The van der Waals surface area contributed by atoms with Gasteiger partial charge in [0.25, 0.3) is 0 Å². The van der Waals surface area contributed by atoms with E-state index in [1.807, 2.05) is 19.3 Å². The van der Waals surface area contributed by atoms with Crippen molar-refractivity contribution in [1.29, 1.82) is 0 Å². The molecule has 1 N–H and O–H groups in total. The minimum atomic E-state index is -0.259. The van der Waals surface area contributed by atoms with Crippen molar-refractivity contribution in [2.24, 2.45) is 5.92 Å². The van der Waals surface area contributed by atoms with Gasteiger partial charge in [-0.05, 0) is 51.6 Å². The molecule has 0 aromatic carbocycles. The summed E-state index contributed by atoms with van der Waals surface area (Å²) in [6, 6.07) is 1.96. The largest absolute Gasteiger partial charge is 0.367 e. The molecule has 0 radical (unpaired) electrons. The van der Waals surface area contributed by atoms with E-state index >= 15 is 0 Å². The molecule has 1 aromatic heterocycles. The summed E-state index contributed by atoms with van der Waals surface area (Å²) < 4.78 is 6.09. The van der Waals surface area contributed by atoms with E-state index in [2.05, 4.69) is 24.1 Å². The van der Waals surface area contributed by atoms with Gasteiger partial charge in [-0.1, -0.05) is 6.92 Å². The fraction of sp³-hybridized carbons (Fsp3) is 0.733. The summed E-state index contributed by atoms with van der Waals surface area (Å²) in [5, 5.41) is 3.13. The van der Waals surface area contributed by atoms with Crippen molar-refractivity contribution < 1.29 is 4.74 Å². The van der Waals surface area contributed by atoms with Crippen LogP contribution in [0.1, 0.15) is 51.0 Å². The molecule has 1 aliphatic rings. The molecule has 1 heterocycles. The molecule has 0 atom stereocenters. The van der Waals surface area contributed by atoms with E-state index < -0.39 is 0 Å². The summed E-state index contributed by atoms with van der Waals surface area (Å²) in [5.74, 6) is 1.66. The highest BCUT2D eigenvalue weighted by Crippen LogP contribution is 2.40. The fourth-order valence-corrected chi connectivity index (χ4v) is 2.83. The number of hydrogen-bond acceptors (Lipinski definition) is 4. The molecule has 1 aliphatic carbocycles. The van der Waals surface area contributed by atoms with Gasteiger partial charge < -0.3 is 10.1 Å². The lowest BCUT2D eigenvalue weighted by molar-refractivity contribution is -0.0838. The Morgan fingerprint density at radius 3 is 2.79 bits per heavy atom. The van der Waals surface area contributed by atoms with E-state index in [4.69, 9.17) is 9.72 Å². The van der Waals surface area contributed by atoms with Gasteiger partial charge in [-0.3, -0.25) is 0 Å². The summed E-state index contributed by atoms with van der Waals surface area (Å²) in [6.07, 6.45) is 6.31. The van der Waals surface area contributed by atoms with Gasteiger partial charge in [0.15, 0.2) is 5.82 Å². The SMILES string of the molecule is CCOC1(c2nccc(CNC)n2)CCC(C)CC1. The zero-order chi connectivity index (χ0) is 13.7. The van der Waals surface area contributed by atoms with Crippen LogP contribution in [0.3, 0.4) is 0 Å². The lowest BCUT2D eigenvalue weighted by Crippen LogP contribution is -2.36.